The normalized spacial score (nSPS) is 9.96. The summed E-state index contributed by atoms with van der Waals surface area (Å²) in [4.78, 5) is 25.7. The topological polar surface area (TPSA) is 95.0 Å². The maximum Gasteiger partial charge on any atom is 0.266 e. The Bertz CT molecular complexity index is 819. The molecule has 0 atom stereocenters. The molecule has 0 fully saturated rings. The number of benzene rings is 1. The lowest BCUT2D eigenvalue weighted by molar-refractivity contribution is -0.114. The van der Waals surface area contributed by atoms with Gasteiger partial charge in [0, 0.05) is 18.2 Å². The average Bonchev–Trinajstić information content (AvgIpc) is 2.53. The number of H-pyrrole nitrogens is 1. The molecule has 118 valence electrons. The van der Waals surface area contributed by atoms with E-state index in [0.717, 1.165) is 6.42 Å². The van der Waals surface area contributed by atoms with Crippen LogP contribution in [0.2, 0.25) is 0 Å². The summed E-state index contributed by atoms with van der Waals surface area (Å²) in [6.07, 6.45) is 0.844. The lowest BCUT2D eigenvalue weighted by atomic mass is 10.1. The molecular weight excluding hydrogens is 294 g/mol. The highest BCUT2D eigenvalue weighted by Crippen LogP contribution is 2.31. The fraction of sp³-hybridized carbons (Fsp3) is 0.235. The first-order valence-electron chi connectivity index (χ1n) is 7.23. The second-order valence-electron chi connectivity index (χ2n) is 4.97. The number of hydrogen-bond acceptors (Lipinski definition) is 4. The Morgan fingerprint density at radius 1 is 1.35 bits per heavy atom. The molecule has 23 heavy (non-hydrogen) atoms. The molecule has 1 aromatic carbocycles. The summed E-state index contributed by atoms with van der Waals surface area (Å²) in [6.45, 7) is 3.95. The van der Waals surface area contributed by atoms with E-state index in [1.165, 1.54) is 13.0 Å². The minimum atomic E-state index is -0.462. The van der Waals surface area contributed by atoms with Gasteiger partial charge in [-0.05, 0) is 36.8 Å². The zero-order chi connectivity index (χ0) is 16.8. The van der Waals surface area contributed by atoms with Gasteiger partial charge in [0.05, 0.1) is 12.3 Å². The number of amides is 1. The summed E-state index contributed by atoms with van der Waals surface area (Å²) in [5.74, 6) is 0.410. The molecule has 0 radical (unpaired) electrons. The largest absolute Gasteiger partial charge is 0.493 e. The van der Waals surface area contributed by atoms with E-state index >= 15 is 0 Å². The number of hydrogen-bond donors (Lipinski definition) is 2. The smallest absolute Gasteiger partial charge is 0.266 e. The molecule has 2 rings (SSSR count). The van der Waals surface area contributed by atoms with Crippen LogP contribution in [0.25, 0.3) is 11.3 Å². The maximum atomic E-state index is 11.8. The van der Waals surface area contributed by atoms with E-state index in [1.54, 1.807) is 24.3 Å². The van der Waals surface area contributed by atoms with Gasteiger partial charge in [-0.3, -0.25) is 9.59 Å². The summed E-state index contributed by atoms with van der Waals surface area (Å²) in [5.41, 5.74) is 1.35. The Balaban J connectivity index is 2.51. The minimum absolute atomic E-state index is 0.0443. The zero-order valence-corrected chi connectivity index (χ0v) is 13.0. The number of nitrogens with zero attached hydrogens (tertiary/aromatic N) is 1. The number of rotatable bonds is 5. The summed E-state index contributed by atoms with van der Waals surface area (Å²) in [6, 6.07) is 10.1. The van der Waals surface area contributed by atoms with Crippen LogP contribution in [0.15, 0.2) is 35.1 Å². The van der Waals surface area contributed by atoms with Crippen molar-refractivity contribution in [2.45, 2.75) is 20.3 Å². The third-order valence-corrected chi connectivity index (χ3v) is 3.08. The van der Waals surface area contributed by atoms with Crippen LogP contribution >= 0.6 is 0 Å². The van der Waals surface area contributed by atoms with Gasteiger partial charge in [0.1, 0.15) is 17.4 Å². The lowest BCUT2D eigenvalue weighted by Gasteiger charge is -2.13. The molecule has 1 aromatic heterocycles. The molecule has 0 bridgehead atoms. The molecule has 0 unspecified atom stereocenters. The second-order valence-corrected chi connectivity index (χ2v) is 4.97. The number of nitriles is 1. The van der Waals surface area contributed by atoms with E-state index in [4.69, 9.17) is 10.00 Å². The van der Waals surface area contributed by atoms with Crippen molar-refractivity contribution in [1.29, 1.82) is 5.26 Å². The number of nitrogens with one attached hydrogen (secondary N) is 2. The summed E-state index contributed by atoms with van der Waals surface area (Å²) in [7, 11) is 0. The minimum Gasteiger partial charge on any atom is -0.493 e. The number of ether oxygens (including phenoxy) is 1. The van der Waals surface area contributed by atoms with Crippen LogP contribution in [0.3, 0.4) is 0 Å². The summed E-state index contributed by atoms with van der Waals surface area (Å²) >= 11 is 0. The Hall–Kier alpha value is -3.07. The van der Waals surface area contributed by atoms with Gasteiger partial charge in [0.15, 0.2) is 0 Å². The van der Waals surface area contributed by atoms with Crippen LogP contribution in [-0.4, -0.2) is 17.5 Å². The SMILES string of the molecule is CCCOc1ccc(NC(C)=O)cc1-c1ccc(C#N)c(=O)[nH]1. The zero-order valence-electron chi connectivity index (χ0n) is 13.0. The molecule has 0 saturated heterocycles. The molecule has 2 aromatic rings. The van der Waals surface area contributed by atoms with Crippen molar-refractivity contribution in [2.75, 3.05) is 11.9 Å². The van der Waals surface area contributed by atoms with Crippen molar-refractivity contribution < 1.29 is 9.53 Å². The van der Waals surface area contributed by atoms with Crippen molar-refractivity contribution >= 4 is 11.6 Å². The van der Waals surface area contributed by atoms with Gasteiger partial charge < -0.3 is 15.0 Å². The van der Waals surface area contributed by atoms with Crippen molar-refractivity contribution in [3.63, 3.8) is 0 Å². The van der Waals surface area contributed by atoms with Crippen LogP contribution in [-0.2, 0) is 4.79 Å². The van der Waals surface area contributed by atoms with Crippen LogP contribution in [0.4, 0.5) is 5.69 Å². The van der Waals surface area contributed by atoms with Crippen LogP contribution in [0, 0.1) is 11.3 Å². The number of anilines is 1. The first kappa shape index (κ1) is 16.3. The summed E-state index contributed by atoms with van der Waals surface area (Å²) in [5, 5.41) is 11.5. The van der Waals surface area contributed by atoms with Gasteiger partial charge in [-0.2, -0.15) is 5.26 Å². The number of aromatic amines is 1. The molecule has 6 nitrogen and oxygen atoms in total. The van der Waals surface area contributed by atoms with Gasteiger partial charge in [0.25, 0.3) is 5.56 Å². The molecule has 1 amide bonds. The molecule has 2 N–H and O–H groups in total. The lowest BCUT2D eigenvalue weighted by Crippen LogP contribution is -2.11. The molecule has 1 heterocycles. The predicted molar refractivity (Wildman–Crippen MR) is 87.3 cm³/mol. The summed E-state index contributed by atoms with van der Waals surface area (Å²) < 4.78 is 5.70. The highest BCUT2D eigenvalue weighted by Gasteiger charge is 2.11. The Labute approximate surface area is 133 Å². The standard InChI is InChI=1S/C17H17N3O3/c1-3-8-23-16-7-5-13(19-11(2)21)9-14(16)15-6-4-12(10-18)17(22)20-15/h4-7,9H,3,8H2,1-2H3,(H,19,21)(H,20,22). The van der Waals surface area contributed by atoms with Gasteiger partial charge >= 0.3 is 0 Å². The quantitative estimate of drug-likeness (QED) is 0.887. The van der Waals surface area contributed by atoms with Crippen molar-refractivity contribution in [1.82, 2.24) is 4.98 Å². The molecule has 0 aliphatic carbocycles. The third-order valence-electron chi connectivity index (χ3n) is 3.08. The number of aromatic nitrogens is 1. The van der Waals surface area contributed by atoms with E-state index in [9.17, 15) is 9.59 Å². The molecule has 0 aliphatic heterocycles. The number of carbonyl (C=O) groups excluding carboxylic acids is 1. The Kier molecular flexibility index (Phi) is 5.15. The molecule has 0 spiro atoms. The van der Waals surface area contributed by atoms with E-state index in [-0.39, 0.29) is 11.5 Å². The van der Waals surface area contributed by atoms with Crippen molar-refractivity contribution in [2.24, 2.45) is 0 Å². The monoisotopic (exact) mass is 311 g/mol. The van der Waals surface area contributed by atoms with E-state index in [1.807, 2.05) is 13.0 Å². The second kappa shape index (κ2) is 7.27. The average molecular weight is 311 g/mol. The first-order valence-corrected chi connectivity index (χ1v) is 7.23. The highest BCUT2D eigenvalue weighted by atomic mass is 16.5. The van der Waals surface area contributed by atoms with Crippen LogP contribution < -0.4 is 15.6 Å². The molecular formula is C17H17N3O3. The third kappa shape index (κ3) is 3.98. The van der Waals surface area contributed by atoms with Crippen LogP contribution in [0.5, 0.6) is 5.75 Å². The number of pyridine rings is 1. The maximum absolute atomic E-state index is 11.8. The molecule has 0 saturated carbocycles. The highest BCUT2D eigenvalue weighted by molar-refractivity contribution is 5.90. The van der Waals surface area contributed by atoms with Crippen molar-refractivity contribution in [3.8, 4) is 23.1 Å². The van der Waals surface area contributed by atoms with E-state index < -0.39 is 5.56 Å². The molecule has 0 aliphatic rings. The predicted octanol–water partition coefficient (Wildman–Crippen LogP) is 2.66. The van der Waals surface area contributed by atoms with E-state index in [0.29, 0.717) is 29.3 Å². The number of carbonyl (C=O) groups is 1. The van der Waals surface area contributed by atoms with Crippen LogP contribution in [0.1, 0.15) is 25.8 Å². The Morgan fingerprint density at radius 2 is 2.13 bits per heavy atom. The van der Waals surface area contributed by atoms with E-state index in [2.05, 4.69) is 10.3 Å². The van der Waals surface area contributed by atoms with Crippen molar-refractivity contribution in [3.05, 3.63) is 46.2 Å². The fourth-order valence-electron chi connectivity index (χ4n) is 2.08. The van der Waals surface area contributed by atoms with Gasteiger partial charge in [-0.25, -0.2) is 0 Å². The fourth-order valence-corrected chi connectivity index (χ4v) is 2.08. The van der Waals surface area contributed by atoms with Gasteiger partial charge in [-0.1, -0.05) is 6.92 Å². The first-order chi connectivity index (χ1) is 11.0. The molecule has 6 heteroatoms. The van der Waals surface area contributed by atoms with Gasteiger partial charge in [-0.15, -0.1) is 0 Å². The van der Waals surface area contributed by atoms with Gasteiger partial charge in [0.2, 0.25) is 5.91 Å². The Morgan fingerprint density at radius 3 is 2.74 bits per heavy atom.